The fourth-order valence-electron chi connectivity index (χ4n) is 1.57. The quantitative estimate of drug-likeness (QED) is 0.623. The number of nitrogens with zero attached hydrogens (tertiary/aromatic N) is 3. The smallest absolute Gasteiger partial charge is 0.341 e. The maximum Gasteiger partial charge on any atom is 0.341 e. The average molecular weight is 261 g/mol. The fraction of sp³-hybridized carbons (Fsp3) is 0.250. The molecule has 2 aromatic heterocycles. The summed E-state index contributed by atoms with van der Waals surface area (Å²) < 4.78 is 6.65. The van der Waals surface area contributed by atoms with Crippen molar-refractivity contribution < 1.29 is 9.53 Å². The van der Waals surface area contributed by atoms with Crippen molar-refractivity contribution in [3.63, 3.8) is 0 Å². The molecular weight excluding hydrogens is 246 g/mol. The number of hydrogen-bond acceptors (Lipinski definition) is 5. The van der Waals surface area contributed by atoms with Crippen LogP contribution in [0, 0.1) is 0 Å². The van der Waals surface area contributed by atoms with Crippen molar-refractivity contribution in [3.05, 3.63) is 36.4 Å². The lowest BCUT2D eigenvalue weighted by Crippen LogP contribution is -2.11. The Kier molecular flexibility index (Phi) is 3.97. The minimum atomic E-state index is -0.405. The second kappa shape index (κ2) is 5.85. The van der Waals surface area contributed by atoms with Gasteiger partial charge in [0.15, 0.2) is 0 Å². The van der Waals surface area contributed by atoms with Crippen LogP contribution in [0.2, 0.25) is 0 Å². The van der Waals surface area contributed by atoms with E-state index in [9.17, 15) is 4.79 Å². The number of nitrogens with one attached hydrogen (secondary N) is 2. The molecule has 7 nitrogen and oxygen atoms in total. The van der Waals surface area contributed by atoms with E-state index in [1.807, 2.05) is 0 Å². The molecule has 0 saturated carbocycles. The SMILES string of the molecule is CCOC(=O)/C(=C/Nc1ccn[nH]1)c1ccnn1C. The van der Waals surface area contributed by atoms with Gasteiger partial charge < -0.3 is 10.1 Å². The molecule has 0 atom stereocenters. The molecule has 2 aromatic rings. The lowest BCUT2D eigenvalue weighted by Gasteiger charge is -2.08. The highest BCUT2D eigenvalue weighted by Crippen LogP contribution is 2.15. The summed E-state index contributed by atoms with van der Waals surface area (Å²) in [5.41, 5.74) is 1.07. The van der Waals surface area contributed by atoms with Gasteiger partial charge in [0.1, 0.15) is 11.4 Å². The summed E-state index contributed by atoms with van der Waals surface area (Å²) in [4.78, 5) is 12.0. The average Bonchev–Trinajstić information content (AvgIpc) is 3.02. The number of ether oxygens (including phenoxy) is 1. The summed E-state index contributed by atoms with van der Waals surface area (Å²) in [6.45, 7) is 2.08. The molecule has 0 saturated heterocycles. The first-order chi connectivity index (χ1) is 9.22. The standard InChI is InChI=1S/C12H15N5O2/c1-3-19-12(18)9(10-4-7-15-17(10)2)8-13-11-5-6-14-16-11/h4-8H,3H2,1-2H3,(H2,13,14,16)/b9-8+. The number of hydrogen-bond donors (Lipinski definition) is 2. The molecule has 0 unspecified atom stereocenters. The molecule has 0 aliphatic carbocycles. The summed E-state index contributed by atoms with van der Waals surface area (Å²) in [5.74, 6) is 0.280. The number of aromatic nitrogens is 4. The first-order valence-electron chi connectivity index (χ1n) is 5.84. The first-order valence-corrected chi connectivity index (χ1v) is 5.84. The highest BCUT2D eigenvalue weighted by Gasteiger charge is 2.16. The van der Waals surface area contributed by atoms with Crippen LogP contribution in [0.5, 0.6) is 0 Å². The van der Waals surface area contributed by atoms with E-state index in [2.05, 4.69) is 20.6 Å². The highest BCUT2D eigenvalue weighted by molar-refractivity contribution is 6.16. The van der Waals surface area contributed by atoms with Gasteiger partial charge in [-0.15, -0.1) is 0 Å². The number of aryl methyl sites for hydroxylation is 1. The van der Waals surface area contributed by atoms with Crippen molar-refractivity contribution in [1.29, 1.82) is 0 Å². The predicted molar refractivity (Wildman–Crippen MR) is 70.0 cm³/mol. The zero-order valence-corrected chi connectivity index (χ0v) is 10.8. The van der Waals surface area contributed by atoms with Crippen LogP contribution in [0.1, 0.15) is 12.6 Å². The van der Waals surface area contributed by atoms with E-state index in [4.69, 9.17) is 4.74 Å². The molecular formula is C12H15N5O2. The van der Waals surface area contributed by atoms with Gasteiger partial charge in [-0.25, -0.2) is 4.79 Å². The normalized spacial score (nSPS) is 11.4. The van der Waals surface area contributed by atoms with Crippen LogP contribution in [0.4, 0.5) is 5.82 Å². The van der Waals surface area contributed by atoms with Crippen LogP contribution in [0.25, 0.3) is 5.57 Å². The second-order valence-corrected chi connectivity index (χ2v) is 3.73. The summed E-state index contributed by atoms with van der Waals surface area (Å²) in [5, 5.41) is 13.6. The van der Waals surface area contributed by atoms with E-state index < -0.39 is 5.97 Å². The number of esters is 1. The van der Waals surface area contributed by atoms with Crippen LogP contribution < -0.4 is 5.32 Å². The van der Waals surface area contributed by atoms with E-state index in [0.717, 1.165) is 0 Å². The molecule has 0 spiro atoms. The topological polar surface area (TPSA) is 84.8 Å². The van der Waals surface area contributed by atoms with Crippen LogP contribution in [0.15, 0.2) is 30.7 Å². The van der Waals surface area contributed by atoms with Gasteiger partial charge in [-0.1, -0.05) is 0 Å². The van der Waals surface area contributed by atoms with Crippen molar-refractivity contribution in [2.24, 2.45) is 7.05 Å². The number of aromatic amines is 1. The molecule has 19 heavy (non-hydrogen) atoms. The van der Waals surface area contributed by atoms with E-state index in [0.29, 0.717) is 23.7 Å². The molecule has 0 radical (unpaired) electrons. The number of anilines is 1. The van der Waals surface area contributed by atoms with E-state index in [-0.39, 0.29) is 0 Å². The van der Waals surface area contributed by atoms with Crippen molar-refractivity contribution >= 4 is 17.4 Å². The molecule has 2 heterocycles. The van der Waals surface area contributed by atoms with Gasteiger partial charge in [-0.05, 0) is 13.0 Å². The Hall–Kier alpha value is -2.57. The first kappa shape index (κ1) is 12.9. The minimum absolute atomic E-state index is 0.318. The van der Waals surface area contributed by atoms with Gasteiger partial charge in [0, 0.05) is 25.5 Å². The summed E-state index contributed by atoms with van der Waals surface area (Å²) in [6, 6.07) is 3.50. The molecule has 0 aliphatic rings. The number of rotatable bonds is 5. The number of carbonyl (C=O) groups is 1. The highest BCUT2D eigenvalue weighted by atomic mass is 16.5. The third-order valence-corrected chi connectivity index (χ3v) is 2.46. The molecule has 100 valence electrons. The Balaban J connectivity index is 2.26. The summed E-state index contributed by atoms with van der Waals surface area (Å²) in [7, 11) is 1.76. The number of carbonyl (C=O) groups excluding carboxylic acids is 1. The zero-order valence-electron chi connectivity index (χ0n) is 10.8. The summed E-state index contributed by atoms with van der Waals surface area (Å²) >= 11 is 0. The van der Waals surface area contributed by atoms with Crippen molar-refractivity contribution in [1.82, 2.24) is 20.0 Å². The Bertz CT molecular complexity index is 571. The second-order valence-electron chi connectivity index (χ2n) is 3.73. The van der Waals surface area contributed by atoms with Crippen LogP contribution in [-0.4, -0.2) is 32.6 Å². The molecule has 0 aromatic carbocycles. The van der Waals surface area contributed by atoms with Gasteiger partial charge in [-0.2, -0.15) is 10.2 Å². The lowest BCUT2D eigenvalue weighted by atomic mass is 10.2. The van der Waals surface area contributed by atoms with E-state index in [1.165, 1.54) is 0 Å². The van der Waals surface area contributed by atoms with Gasteiger partial charge in [-0.3, -0.25) is 9.78 Å². The maximum atomic E-state index is 12.0. The fourth-order valence-corrected chi connectivity index (χ4v) is 1.57. The Morgan fingerprint density at radius 3 is 2.95 bits per heavy atom. The van der Waals surface area contributed by atoms with Gasteiger partial charge in [0.05, 0.1) is 18.5 Å². The lowest BCUT2D eigenvalue weighted by molar-refractivity contribution is -0.136. The van der Waals surface area contributed by atoms with Crippen LogP contribution in [0.3, 0.4) is 0 Å². The summed E-state index contributed by atoms with van der Waals surface area (Å²) in [6.07, 6.45) is 4.81. The molecule has 0 bridgehead atoms. The predicted octanol–water partition coefficient (Wildman–Crippen LogP) is 1.16. The van der Waals surface area contributed by atoms with E-state index >= 15 is 0 Å². The Morgan fingerprint density at radius 1 is 1.53 bits per heavy atom. The maximum absolute atomic E-state index is 12.0. The molecule has 0 amide bonds. The van der Waals surface area contributed by atoms with Gasteiger partial charge in [0.2, 0.25) is 0 Å². The molecule has 0 aliphatic heterocycles. The molecule has 2 N–H and O–H groups in total. The van der Waals surface area contributed by atoms with Gasteiger partial charge >= 0.3 is 5.97 Å². The zero-order chi connectivity index (χ0) is 13.7. The Morgan fingerprint density at radius 2 is 2.37 bits per heavy atom. The van der Waals surface area contributed by atoms with E-state index in [1.54, 1.807) is 49.4 Å². The van der Waals surface area contributed by atoms with Gasteiger partial charge in [0.25, 0.3) is 0 Å². The van der Waals surface area contributed by atoms with Crippen molar-refractivity contribution in [3.8, 4) is 0 Å². The van der Waals surface area contributed by atoms with Crippen LogP contribution in [-0.2, 0) is 16.6 Å². The molecule has 7 heteroatoms. The number of H-pyrrole nitrogens is 1. The van der Waals surface area contributed by atoms with Crippen molar-refractivity contribution in [2.45, 2.75) is 6.92 Å². The third kappa shape index (κ3) is 3.01. The minimum Gasteiger partial charge on any atom is -0.462 e. The molecule has 0 fully saturated rings. The van der Waals surface area contributed by atoms with Crippen molar-refractivity contribution in [2.75, 3.05) is 11.9 Å². The largest absolute Gasteiger partial charge is 0.462 e. The monoisotopic (exact) mass is 261 g/mol. The van der Waals surface area contributed by atoms with Crippen LogP contribution >= 0.6 is 0 Å². The Labute approximate surface area is 110 Å². The molecule has 2 rings (SSSR count). The third-order valence-electron chi connectivity index (χ3n) is 2.46.